The molecule has 0 fully saturated rings. The topological polar surface area (TPSA) is 92.7 Å². The monoisotopic (exact) mass is 255 g/mol. The second-order valence-electron chi connectivity index (χ2n) is 3.66. The lowest BCUT2D eigenvalue weighted by Crippen LogP contribution is -2.23. The van der Waals surface area contributed by atoms with Gasteiger partial charge in [0, 0.05) is 13.2 Å². The molecule has 17 heavy (non-hydrogen) atoms. The molecule has 0 spiro atoms. The summed E-state index contributed by atoms with van der Waals surface area (Å²) in [6, 6.07) is 1.75. The van der Waals surface area contributed by atoms with E-state index in [0.717, 1.165) is 0 Å². The number of aromatic nitrogens is 4. The van der Waals surface area contributed by atoms with Gasteiger partial charge in [-0.1, -0.05) is 0 Å². The van der Waals surface area contributed by atoms with Crippen LogP contribution in [0.15, 0.2) is 23.4 Å². The molecule has 8 heteroatoms. The molecule has 2 rings (SSSR count). The number of hydrogen-bond acceptors (Lipinski definition) is 4. The molecular weight excluding hydrogens is 242 g/mol. The molecule has 0 bridgehead atoms. The highest BCUT2D eigenvalue weighted by atomic mass is 32.2. The fourth-order valence-electron chi connectivity index (χ4n) is 1.41. The zero-order valence-electron chi connectivity index (χ0n) is 9.51. The molecule has 0 aromatic carbocycles. The molecule has 92 valence electrons. The molecule has 0 aliphatic heterocycles. The summed E-state index contributed by atoms with van der Waals surface area (Å²) in [6.45, 7) is 1.82. The molecule has 0 aliphatic rings. The summed E-state index contributed by atoms with van der Waals surface area (Å²) in [5.41, 5.74) is 1.18. The third kappa shape index (κ3) is 2.53. The summed E-state index contributed by atoms with van der Waals surface area (Å²) in [5.74, 6) is 0. The predicted octanol–water partition coefficient (Wildman–Crippen LogP) is -0.0699. The Morgan fingerprint density at radius 3 is 2.82 bits per heavy atom. The number of sulfonamides is 1. The third-order valence-corrected chi connectivity index (χ3v) is 3.80. The molecule has 2 heterocycles. The fourth-order valence-corrected chi connectivity index (χ4v) is 2.55. The van der Waals surface area contributed by atoms with Crippen LogP contribution in [0, 0.1) is 6.92 Å². The van der Waals surface area contributed by atoms with Crippen molar-refractivity contribution in [3.8, 4) is 0 Å². The predicted molar refractivity (Wildman–Crippen MR) is 60.6 cm³/mol. The van der Waals surface area contributed by atoms with Gasteiger partial charge in [-0.05, 0) is 13.0 Å². The lowest BCUT2D eigenvalue weighted by molar-refractivity contribution is 0.579. The Hall–Kier alpha value is -1.67. The van der Waals surface area contributed by atoms with E-state index in [1.807, 2.05) is 0 Å². The minimum atomic E-state index is -3.53. The molecule has 0 unspecified atom stereocenters. The van der Waals surface area contributed by atoms with Crippen molar-refractivity contribution >= 4 is 10.0 Å². The van der Waals surface area contributed by atoms with Crippen LogP contribution in [0.3, 0.4) is 0 Å². The van der Waals surface area contributed by atoms with Crippen molar-refractivity contribution in [1.82, 2.24) is 24.7 Å². The van der Waals surface area contributed by atoms with Crippen molar-refractivity contribution in [2.24, 2.45) is 7.05 Å². The van der Waals surface area contributed by atoms with Gasteiger partial charge in [-0.3, -0.25) is 9.78 Å². The summed E-state index contributed by atoms with van der Waals surface area (Å²) < 4.78 is 27.9. The molecule has 0 saturated heterocycles. The molecule has 0 amide bonds. The number of nitrogens with one attached hydrogen (secondary N) is 2. The van der Waals surface area contributed by atoms with E-state index in [2.05, 4.69) is 20.0 Å². The van der Waals surface area contributed by atoms with Crippen LogP contribution in [0.4, 0.5) is 0 Å². The van der Waals surface area contributed by atoms with Crippen LogP contribution in [0.2, 0.25) is 0 Å². The Balaban J connectivity index is 2.11. The molecule has 2 N–H and O–H groups in total. The van der Waals surface area contributed by atoms with E-state index in [9.17, 15) is 8.42 Å². The van der Waals surface area contributed by atoms with Gasteiger partial charge in [0.15, 0.2) is 0 Å². The summed E-state index contributed by atoms with van der Waals surface area (Å²) in [4.78, 5) is 0.161. The first-order valence-corrected chi connectivity index (χ1v) is 6.45. The molecule has 2 aromatic rings. The molecule has 0 aliphatic carbocycles. The molecule has 7 nitrogen and oxygen atoms in total. The van der Waals surface area contributed by atoms with E-state index in [1.54, 1.807) is 30.9 Å². The number of aromatic amines is 1. The van der Waals surface area contributed by atoms with Gasteiger partial charge in [0.05, 0.1) is 24.1 Å². The Kier molecular flexibility index (Phi) is 2.99. The van der Waals surface area contributed by atoms with E-state index in [4.69, 9.17) is 0 Å². The van der Waals surface area contributed by atoms with Crippen molar-refractivity contribution in [2.75, 3.05) is 0 Å². The summed E-state index contributed by atoms with van der Waals surface area (Å²) in [5, 5.41) is 10.4. The van der Waals surface area contributed by atoms with Crippen molar-refractivity contribution in [2.45, 2.75) is 18.4 Å². The molecule has 0 saturated carbocycles. The fraction of sp³-hybridized carbons (Fsp3) is 0.333. The number of hydrogen-bond donors (Lipinski definition) is 2. The minimum Gasteiger partial charge on any atom is -0.281 e. The smallest absolute Gasteiger partial charge is 0.244 e. The van der Waals surface area contributed by atoms with Gasteiger partial charge < -0.3 is 0 Å². The first-order chi connectivity index (χ1) is 7.99. The van der Waals surface area contributed by atoms with E-state index in [-0.39, 0.29) is 11.4 Å². The summed E-state index contributed by atoms with van der Waals surface area (Å²) >= 11 is 0. The van der Waals surface area contributed by atoms with Crippen molar-refractivity contribution in [1.29, 1.82) is 0 Å². The lowest BCUT2D eigenvalue weighted by atomic mass is 10.4. The van der Waals surface area contributed by atoms with Crippen LogP contribution >= 0.6 is 0 Å². The van der Waals surface area contributed by atoms with Gasteiger partial charge in [0.1, 0.15) is 4.90 Å². The van der Waals surface area contributed by atoms with E-state index >= 15 is 0 Å². The van der Waals surface area contributed by atoms with Crippen LogP contribution in [0.1, 0.15) is 11.4 Å². The lowest BCUT2D eigenvalue weighted by Gasteiger charge is -2.03. The highest BCUT2D eigenvalue weighted by Gasteiger charge is 2.18. The van der Waals surface area contributed by atoms with Crippen molar-refractivity contribution < 1.29 is 8.42 Å². The molecular formula is C9H13N5O2S. The van der Waals surface area contributed by atoms with Crippen LogP contribution < -0.4 is 4.72 Å². The Morgan fingerprint density at radius 1 is 1.53 bits per heavy atom. The Morgan fingerprint density at radius 2 is 2.29 bits per heavy atom. The maximum Gasteiger partial charge on any atom is 0.244 e. The van der Waals surface area contributed by atoms with E-state index < -0.39 is 10.0 Å². The number of rotatable bonds is 4. The van der Waals surface area contributed by atoms with Gasteiger partial charge in [-0.25, -0.2) is 13.1 Å². The first-order valence-electron chi connectivity index (χ1n) is 4.97. The zero-order valence-corrected chi connectivity index (χ0v) is 10.3. The van der Waals surface area contributed by atoms with Gasteiger partial charge in [0.25, 0.3) is 0 Å². The zero-order chi connectivity index (χ0) is 12.5. The molecule has 2 aromatic heterocycles. The largest absolute Gasteiger partial charge is 0.281 e. The van der Waals surface area contributed by atoms with Gasteiger partial charge in [-0.2, -0.15) is 10.2 Å². The van der Waals surface area contributed by atoms with E-state index in [1.165, 1.54) is 6.20 Å². The molecule has 0 radical (unpaired) electrons. The first kappa shape index (κ1) is 11.8. The average Bonchev–Trinajstić information content (AvgIpc) is 2.85. The Labute approximate surface area is 98.9 Å². The quantitative estimate of drug-likeness (QED) is 0.799. The van der Waals surface area contributed by atoms with Crippen LogP contribution in [-0.2, 0) is 23.6 Å². The minimum absolute atomic E-state index is 0.161. The van der Waals surface area contributed by atoms with Crippen LogP contribution in [0.5, 0.6) is 0 Å². The van der Waals surface area contributed by atoms with Crippen molar-refractivity contribution in [3.63, 3.8) is 0 Å². The second kappa shape index (κ2) is 4.30. The van der Waals surface area contributed by atoms with Crippen LogP contribution in [-0.4, -0.2) is 28.4 Å². The van der Waals surface area contributed by atoms with Gasteiger partial charge >= 0.3 is 0 Å². The van der Waals surface area contributed by atoms with Crippen LogP contribution in [0.25, 0.3) is 0 Å². The maximum absolute atomic E-state index is 11.9. The average molecular weight is 255 g/mol. The Bertz CT molecular complexity index is 613. The van der Waals surface area contributed by atoms with Crippen molar-refractivity contribution in [3.05, 3.63) is 29.8 Å². The molecule has 0 atom stereocenters. The van der Waals surface area contributed by atoms with Gasteiger partial charge in [-0.15, -0.1) is 0 Å². The second-order valence-corrected chi connectivity index (χ2v) is 5.40. The van der Waals surface area contributed by atoms with E-state index in [0.29, 0.717) is 11.4 Å². The third-order valence-electron chi connectivity index (χ3n) is 2.29. The number of nitrogens with zero attached hydrogens (tertiary/aromatic N) is 3. The summed E-state index contributed by atoms with van der Waals surface area (Å²) in [7, 11) is -1.75. The highest BCUT2D eigenvalue weighted by Crippen LogP contribution is 2.11. The standard InChI is InChI=1S/C9H13N5O2S/c1-7-9(6-10-12-7)17(15,16)11-5-8-3-4-14(2)13-8/h3-4,6,11H,5H2,1-2H3,(H,10,12). The number of aryl methyl sites for hydroxylation is 2. The van der Waals surface area contributed by atoms with Gasteiger partial charge in [0.2, 0.25) is 10.0 Å². The SMILES string of the molecule is Cc1[nH]ncc1S(=O)(=O)NCc1ccn(C)n1. The summed E-state index contributed by atoms with van der Waals surface area (Å²) in [6.07, 6.45) is 3.04. The highest BCUT2D eigenvalue weighted by molar-refractivity contribution is 7.89. The normalized spacial score (nSPS) is 11.9. The maximum atomic E-state index is 11.9. The number of H-pyrrole nitrogens is 1.